The third kappa shape index (κ3) is 5.72. The Morgan fingerprint density at radius 2 is 1.76 bits per heavy atom. The van der Waals surface area contributed by atoms with E-state index in [0.29, 0.717) is 5.56 Å². The van der Waals surface area contributed by atoms with Gasteiger partial charge in [-0.1, -0.05) is 0 Å². The summed E-state index contributed by atoms with van der Waals surface area (Å²) in [7, 11) is 0. The maximum atomic E-state index is 11.6. The van der Waals surface area contributed by atoms with E-state index in [9.17, 15) is 9.59 Å². The molecule has 17 heavy (non-hydrogen) atoms. The second-order valence-electron chi connectivity index (χ2n) is 4.64. The molecule has 0 heterocycles. The van der Waals surface area contributed by atoms with Crippen LogP contribution >= 0.6 is 0 Å². The minimum atomic E-state index is -2.56. The Morgan fingerprint density at radius 1 is 1.18 bits per heavy atom. The van der Waals surface area contributed by atoms with E-state index in [1.165, 1.54) is 0 Å². The molecule has 0 aliphatic carbocycles. The van der Waals surface area contributed by atoms with Crippen molar-refractivity contribution >= 4 is 30.7 Å². The van der Waals surface area contributed by atoms with Crippen LogP contribution in [0.1, 0.15) is 10.4 Å². The predicted octanol–water partition coefficient (Wildman–Crippen LogP) is 1.79. The van der Waals surface area contributed by atoms with Gasteiger partial charge >= 0.3 is 106 Å². The molecule has 1 N–H and O–H groups in total. The molecule has 0 bridgehead atoms. The van der Waals surface area contributed by atoms with Crippen LogP contribution in [-0.4, -0.2) is 37.2 Å². The first-order chi connectivity index (χ1) is 7.88. The monoisotopic (exact) mass is 343 g/mol. The number of rotatable bonds is 4. The normalized spacial score (nSPS) is 10.8. The van der Waals surface area contributed by atoms with Crippen molar-refractivity contribution in [3.63, 3.8) is 0 Å². The summed E-state index contributed by atoms with van der Waals surface area (Å²) < 4.78 is 5.28. The Labute approximate surface area is 106 Å². The molecular weight excluding hydrogens is 325 g/mol. The van der Waals surface area contributed by atoms with Crippen LogP contribution < -0.4 is 5.32 Å². The molecule has 1 aromatic rings. The van der Waals surface area contributed by atoms with E-state index in [1.807, 2.05) is 20.9 Å². The number of hydrogen-bond acceptors (Lipinski definition) is 3. The van der Waals surface area contributed by atoms with Crippen molar-refractivity contribution in [1.29, 1.82) is 0 Å². The summed E-state index contributed by atoms with van der Waals surface area (Å²) in [6.07, 6.45) is 0. The Kier molecular flexibility index (Phi) is 4.99. The molecule has 0 unspecified atom stereocenters. The number of carbonyl (C=O) groups excluding carboxylic acids is 2. The van der Waals surface area contributed by atoms with Crippen LogP contribution in [0.3, 0.4) is 0 Å². The van der Waals surface area contributed by atoms with Gasteiger partial charge in [-0.05, 0) is 0 Å². The summed E-state index contributed by atoms with van der Waals surface area (Å²) in [4.78, 5) is 29.0. The molecule has 0 fully saturated rings. The second kappa shape index (κ2) is 6.04. The van der Waals surface area contributed by atoms with Gasteiger partial charge in [0.2, 0.25) is 0 Å². The third-order valence-electron chi connectivity index (χ3n) is 1.85. The average Bonchev–Trinajstić information content (AvgIpc) is 2.25. The summed E-state index contributed by atoms with van der Waals surface area (Å²) >= 11 is -2.56. The van der Waals surface area contributed by atoms with Gasteiger partial charge in [-0.15, -0.1) is 0 Å². The van der Waals surface area contributed by atoms with E-state index in [2.05, 4.69) is 5.32 Å². The van der Waals surface area contributed by atoms with E-state index in [4.69, 9.17) is 3.07 Å². The molecule has 0 aromatic heterocycles. The molecule has 5 heteroatoms. The van der Waals surface area contributed by atoms with Gasteiger partial charge < -0.3 is 0 Å². The van der Waals surface area contributed by atoms with Gasteiger partial charge in [-0.25, -0.2) is 0 Å². The molecule has 0 spiro atoms. The van der Waals surface area contributed by atoms with Crippen LogP contribution in [0.2, 0.25) is 14.8 Å². The summed E-state index contributed by atoms with van der Waals surface area (Å²) in [5.41, 5.74) is 0.541. The zero-order chi connectivity index (χ0) is 12.9. The van der Waals surface area contributed by atoms with E-state index < -0.39 is 18.8 Å². The molecular formula is C12H17NO3Sn. The van der Waals surface area contributed by atoms with E-state index in [1.54, 1.807) is 24.3 Å². The first kappa shape index (κ1) is 14.0. The van der Waals surface area contributed by atoms with Crippen molar-refractivity contribution < 1.29 is 12.7 Å². The van der Waals surface area contributed by atoms with Crippen molar-refractivity contribution in [1.82, 2.24) is 5.32 Å². The molecule has 0 radical (unpaired) electrons. The van der Waals surface area contributed by atoms with Crippen molar-refractivity contribution in [2.24, 2.45) is 0 Å². The van der Waals surface area contributed by atoms with Gasteiger partial charge in [0.25, 0.3) is 0 Å². The molecule has 0 saturated heterocycles. The fourth-order valence-electron chi connectivity index (χ4n) is 1.22. The Hall–Kier alpha value is -1.04. The van der Waals surface area contributed by atoms with Gasteiger partial charge in [0.1, 0.15) is 0 Å². The Balaban J connectivity index is 2.42. The zero-order valence-corrected chi connectivity index (χ0v) is 13.2. The third-order valence-corrected chi connectivity index (χ3v) is 4.25. The van der Waals surface area contributed by atoms with Gasteiger partial charge in [0.15, 0.2) is 0 Å². The van der Waals surface area contributed by atoms with Gasteiger partial charge in [-0.3, -0.25) is 0 Å². The van der Waals surface area contributed by atoms with Crippen LogP contribution in [0.4, 0.5) is 0 Å². The molecule has 1 rings (SSSR count). The van der Waals surface area contributed by atoms with Crippen LogP contribution in [-0.2, 0) is 7.87 Å². The quantitative estimate of drug-likeness (QED) is 0.849. The van der Waals surface area contributed by atoms with Gasteiger partial charge in [0.05, 0.1) is 0 Å². The fourth-order valence-corrected chi connectivity index (χ4v) is 3.38. The predicted molar refractivity (Wildman–Crippen MR) is 68.2 cm³/mol. The molecule has 0 saturated carbocycles. The summed E-state index contributed by atoms with van der Waals surface area (Å²) in [5, 5.41) is 2.54. The van der Waals surface area contributed by atoms with Crippen LogP contribution in [0, 0.1) is 0 Å². The molecule has 1 aromatic carbocycles. The molecule has 4 nitrogen and oxygen atoms in total. The second-order valence-corrected chi connectivity index (χ2v) is 17.3. The topological polar surface area (TPSA) is 55.4 Å². The molecule has 92 valence electrons. The Morgan fingerprint density at radius 3 is 2.29 bits per heavy atom. The maximum absolute atomic E-state index is 11.6. The average molecular weight is 342 g/mol. The standard InChI is InChI=1S/C9H9NO3.3CH3.Sn/c11-8(12)6-10-9(13)7-4-2-1-3-5-7;;;;/h1-5H,6H2,(H,10,13)(H,11,12);3*1H3;/q;;;;+1/p-1. The Bertz CT molecular complexity index is 398. The molecule has 0 aliphatic heterocycles. The van der Waals surface area contributed by atoms with Crippen molar-refractivity contribution in [3.05, 3.63) is 35.9 Å². The van der Waals surface area contributed by atoms with E-state index in [-0.39, 0.29) is 18.4 Å². The summed E-state index contributed by atoms with van der Waals surface area (Å²) in [6, 6.07) is 8.78. The summed E-state index contributed by atoms with van der Waals surface area (Å²) in [5.74, 6) is -0.607. The zero-order valence-electron chi connectivity index (χ0n) is 10.3. The first-order valence-corrected chi connectivity index (χ1v) is 15.2. The number of amides is 1. The number of carbonyl (C=O) groups is 2. The first-order valence-electron chi connectivity index (χ1n) is 5.43. The van der Waals surface area contributed by atoms with E-state index >= 15 is 0 Å². The molecule has 1 amide bonds. The molecule has 0 atom stereocenters. The van der Waals surface area contributed by atoms with Crippen LogP contribution in [0.5, 0.6) is 0 Å². The van der Waals surface area contributed by atoms with Gasteiger partial charge in [0, 0.05) is 0 Å². The fraction of sp³-hybridized carbons (Fsp3) is 0.333. The molecule has 0 aliphatic rings. The van der Waals surface area contributed by atoms with Crippen molar-refractivity contribution in [2.45, 2.75) is 14.8 Å². The van der Waals surface area contributed by atoms with Crippen molar-refractivity contribution in [2.75, 3.05) is 6.54 Å². The number of benzene rings is 1. The summed E-state index contributed by atoms with van der Waals surface area (Å²) in [6.45, 7) is -0.0675. The number of nitrogens with one attached hydrogen (secondary N) is 1. The van der Waals surface area contributed by atoms with Crippen LogP contribution in [0.25, 0.3) is 0 Å². The van der Waals surface area contributed by atoms with Crippen molar-refractivity contribution in [3.8, 4) is 0 Å². The van der Waals surface area contributed by atoms with Gasteiger partial charge in [-0.2, -0.15) is 0 Å². The minimum absolute atomic E-state index is 0.0675. The van der Waals surface area contributed by atoms with E-state index in [0.717, 1.165) is 0 Å². The van der Waals surface area contributed by atoms with Crippen LogP contribution in [0.15, 0.2) is 30.3 Å². The SMILES string of the molecule is [CH3][Sn]([CH3])([CH3])[O]C(=O)CNC(=O)c1ccccc1. The number of hydrogen-bond donors (Lipinski definition) is 1.